The van der Waals surface area contributed by atoms with Crippen LogP contribution in [0.25, 0.3) is 0 Å². The van der Waals surface area contributed by atoms with Crippen LogP contribution in [0.1, 0.15) is 50.7 Å². The summed E-state index contributed by atoms with van der Waals surface area (Å²) in [5.74, 6) is -0.253. The van der Waals surface area contributed by atoms with Gasteiger partial charge in [-0.1, -0.05) is 44.7 Å². The van der Waals surface area contributed by atoms with Crippen LogP contribution in [0.2, 0.25) is 0 Å². The molecule has 1 nitrogen and oxygen atoms in total. The molecular weight excluding hydrogens is 191 g/mol. The van der Waals surface area contributed by atoms with E-state index in [0.717, 1.165) is 24.8 Å². The molecule has 2 heteroatoms. The van der Waals surface area contributed by atoms with Crippen LogP contribution in [-0.4, -0.2) is 5.11 Å². The van der Waals surface area contributed by atoms with E-state index in [9.17, 15) is 9.50 Å². The van der Waals surface area contributed by atoms with Crippen LogP contribution < -0.4 is 0 Å². The van der Waals surface area contributed by atoms with E-state index in [2.05, 4.69) is 6.92 Å². The van der Waals surface area contributed by atoms with E-state index >= 15 is 0 Å². The standard InChI is InChI=1S/C13H19FO/c1-2-3-4-5-6-13(15)11-7-9-12(14)10-8-11/h7-10,13,15H,2-6H2,1H3. The number of aliphatic hydroxyl groups excluding tert-OH is 1. The van der Waals surface area contributed by atoms with Crippen LogP contribution in [0.3, 0.4) is 0 Å². The summed E-state index contributed by atoms with van der Waals surface area (Å²) >= 11 is 0. The summed E-state index contributed by atoms with van der Waals surface area (Å²) in [5.41, 5.74) is 0.813. The van der Waals surface area contributed by atoms with Crippen LogP contribution >= 0.6 is 0 Å². The molecule has 0 radical (unpaired) electrons. The van der Waals surface area contributed by atoms with E-state index in [1.54, 1.807) is 12.1 Å². The minimum Gasteiger partial charge on any atom is -0.388 e. The van der Waals surface area contributed by atoms with Crippen molar-refractivity contribution in [3.63, 3.8) is 0 Å². The van der Waals surface area contributed by atoms with Gasteiger partial charge in [-0.05, 0) is 24.1 Å². The highest BCUT2D eigenvalue weighted by atomic mass is 19.1. The van der Waals surface area contributed by atoms with Gasteiger partial charge >= 0.3 is 0 Å². The molecule has 1 N–H and O–H groups in total. The highest BCUT2D eigenvalue weighted by molar-refractivity contribution is 5.18. The molecule has 0 aliphatic rings. The summed E-state index contributed by atoms with van der Waals surface area (Å²) < 4.78 is 12.6. The van der Waals surface area contributed by atoms with Gasteiger partial charge in [-0.2, -0.15) is 0 Å². The third kappa shape index (κ3) is 4.43. The SMILES string of the molecule is CCCCCCC(O)c1ccc(F)cc1. The second kappa shape index (κ2) is 6.57. The van der Waals surface area contributed by atoms with E-state index in [0.29, 0.717) is 0 Å². The van der Waals surface area contributed by atoms with Gasteiger partial charge in [-0.3, -0.25) is 0 Å². The molecule has 84 valence electrons. The van der Waals surface area contributed by atoms with E-state index in [1.165, 1.54) is 25.0 Å². The van der Waals surface area contributed by atoms with E-state index in [4.69, 9.17) is 0 Å². The lowest BCUT2D eigenvalue weighted by Gasteiger charge is -2.10. The molecule has 1 aromatic rings. The Hall–Kier alpha value is -0.890. The van der Waals surface area contributed by atoms with Gasteiger partial charge in [0.1, 0.15) is 5.82 Å². The lowest BCUT2D eigenvalue weighted by atomic mass is 10.0. The zero-order chi connectivity index (χ0) is 11.1. The molecule has 0 fully saturated rings. The Labute approximate surface area is 90.9 Å². The fourth-order valence-corrected chi connectivity index (χ4v) is 1.62. The maximum Gasteiger partial charge on any atom is 0.123 e. The van der Waals surface area contributed by atoms with Gasteiger partial charge in [0.25, 0.3) is 0 Å². The Bertz CT molecular complexity index is 268. The average Bonchev–Trinajstić information content (AvgIpc) is 2.25. The number of hydrogen-bond donors (Lipinski definition) is 1. The molecule has 0 aliphatic heterocycles. The van der Waals surface area contributed by atoms with Gasteiger partial charge in [0, 0.05) is 0 Å². The first-order valence-corrected chi connectivity index (χ1v) is 5.67. The normalized spacial score (nSPS) is 12.7. The largest absolute Gasteiger partial charge is 0.388 e. The molecule has 1 aromatic carbocycles. The van der Waals surface area contributed by atoms with Crippen molar-refractivity contribution in [2.24, 2.45) is 0 Å². The summed E-state index contributed by atoms with van der Waals surface area (Å²) in [6, 6.07) is 6.09. The topological polar surface area (TPSA) is 20.2 Å². The molecule has 0 aliphatic carbocycles. The van der Waals surface area contributed by atoms with Crippen molar-refractivity contribution in [1.29, 1.82) is 0 Å². The zero-order valence-corrected chi connectivity index (χ0v) is 9.25. The van der Waals surface area contributed by atoms with Gasteiger partial charge < -0.3 is 5.11 Å². The molecule has 15 heavy (non-hydrogen) atoms. The molecule has 0 spiro atoms. The van der Waals surface area contributed by atoms with Crippen molar-refractivity contribution >= 4 is 0 Å². The predicted octanol–water partition coefficient (Wildman–Crippen LogP) is 3.83. The summed E-state index contributed by atoms with van der Waals surface area (Å²) in [4.78, 5) is 0. The number of benzene rings is 1. The zero-order valence-electron chi connectivity index (χ0n) is 9.25. The van der Waals surface area contributed by atoms with Crippen molar-refractivity contribution in [1.82, 2.24) is 0 Å². The Morgan fingerprint density at radius 2 is 1.80 bits per heavy atom. The fourth-order valence-electron chi connectivity index (χ4n) is 1.62. The van der Waals surface area contributed by atoms with Gasteiger partial charge in [-0.15, -0.1) is 0 Å². The minimum absolute atomic E-state index is 0.253. The van der Waals surface area contributed by atoms with Crippen molar-refractivity contribution in [2.75, 3.05) is 0 Å². The van der Waals surface area contributed by atoms with E-state index < -0.39 is 6.10 Å². The van der Waals surface area contributed by atoms with Gasteiger partial charge in [0.05, 0.1) is 6.10 Å². The summed E-state index contributed by atoms with van der Waals surface area (Å²) in [6.45, 7) is 2.16. The van der Waals surface area contributed by atoms with Crippen LogP contribution in [-0.2, 0) is 0 Å². The fraction of sp³-hybridized carbons (Fsp3) is 0.538. The predicted molar refractivity (Wildman–Crippen MR) is 60.1 cm³/mol. The maximum atomic E-state index is 12.6. The molecular formula is C13H19FO. The molecule has 0 heterocycles. The third-order valence-corrected chi connectivity index (χ3v) is 2.59. The van der Waals surface area contributed by atoms with Crippen molar-refractivity contribution in [3.8, 4) is 0 Å². The maximum absolute atomic E-state index is 12.6. The number of aliphatic hydroxyl groups is 1. The first-order chi connectivity index (χ1) is 7.24. The molecule has 0 amide bonds. The Kier molecular flexibility index (Phi) is 5.33. The monoisotopic (exact) mass is 210 g/mol. The smallest absolute Gasteiger partial charge is 0.123 e. The van der Waals surface area contributed by atoms with E-state index in [1.807, 2.05) is 0 Å². The van der Waals surface area contributed by atoms with Gasteiger partial charge in [0.2, 0.25) is 0 Å². The van der Waals surface area contributed by atoms with Crippen LogP contribution in [0.4, 0.5) is 4.39 Å². The molecule has 1 unspecified atom stereocenters. The summed E-state index contributed by atoms with van der Waals surface area (Å²) in [5, 5.41) is 9.79. The molecule has 0 bridgehead atoms. The van der Waals surface area contributed by atoms with E-state index in [-0.39, 0.29) is 5.82 Å². The van der Waals surface area contributed by atoms with Gasteiger partial charge in [0.15, 0.2) is 0 Å². The number of rotatable bonds is 6. The number of halogens is 1. The second-order valence-electron chi connectivity index (χ2n) is 3.92. The molecule has 0 saturated heterocycles. The molecule has 0 saturated carbocycles. The lowest BCUT2D eigenvalue weighted by molar-refractivity contribution is 0.163. The second-order valence-corrected chi connectivity index (χ2v) is 3.92. The first-order valence-electron chi connectivity index (χ1n) is 5.67. The third-order valence-electron chi connectivity index (χ3n) is 2.59. The quantitative estimate of drug-likeness (QED) is 0.707. The number of hydrogen-bond acceptors (Lipinski definition) is 1. The van der Waals surface area contributed by atoms with Crippen molar-refractivity contribution < 1.29 is 9.50 Å². The summed E-state index contributed by atoms with van der Waals surface area (Å²) in [7, 11) is 0. The lowest BCUT2D eigenvalue weighted by Crippen LogP contribution is -1.97. The Morgan fingerprint density at radius 1 is 1.13 bits per heavy atom. The highest BCUT2D eigenvalue weighted by Gasteiger charge is 2.06. The van der Waals surface area contributed by atoms with Crippen molar-refractivity contribution in [2.45, 2.75) is 45.1 Å². The summed E-state index contributed by atoms with van der Waals surface area (Å²) in [6.07, 6.45) is 4.94. The molecule has 1 atom stereocenters. The van der Waals surface area contributed by atoms with Gasteiger partial charge in [-0.25, -0.2) is 4.39 Å². The molecule has 0 aromatic heterocycles. The number of unbranched alkanes of at least 4 members (excludes halogenated alkanes) is 3. The van der Waals surface area contributed by atoms with Crippen LogP contribution in [0.5, 0.6) is 0 Å². The van der Waals surface area contributed by atoms with Crippen LogP contribution in [0, 0.1) is 5.82 Å². The average molecular weight is 210 g/mol. The Balaban J connectivity index is 2.33. The first kappa shape index (κ1) is 12.2. The van der Waals surface area contributed by atoms with Crippen molar-refractivity contribution in [3.05, 3.63) is 35.6 Å². The Morgan fingerprint density at radius 3 is 2.40 bits per heavy atom. The highest BCUT2D eigenvalue weighted by Crippen LogP contribution is 2.19. The molecule has 1 rings (SSSR count). The minimum atomic E-state index is -0.442. The van der Waals surface area contributed by atoms with Crippen LogP contribution in [0.15, 0.2) is 24.3 Å².